The average molecular weight is 176 g/mol. The summed E-state index contributed by atoms with van der Waals surface area (Å²) in [6, 6.07) is 0. The zero-order chi connectivity index (χ0) is 3.54. The van der Waals surface area contributed by atoms with E-state index in [2.05, 4.69) is 6.42 Å². The molecule has 1 saturated heterocycles. The van der Waals surface area contributed by atoms with Crippen LogP contribution in [-0.4, -0.2) is 11.5 Å². The van der Waals surface area contributed by atoms with Gasteiger partial charge < -0.3 is 6.42 Å². The van der Waals surface area contributed by atoms with Gasteiger partial charge in [-0.15, -0.1) is 5.75 Å². The first-order chi connectivity index (χ1) is 2.50. The Morgan fingerprint density at radius 1 is 1.50 bits per heavy atom. The van der Waals surface area contributed by atoms with E-state index in [0.717, 1.165) is 0 Å². The first-order valence-corrected chi connectivity index (χ1v) is 3.05. The van der Waals surface area contributed by atoms with Crippen molar-refractivity contribution in [3.05, 3.63) is 6.42 Å². The van der Waals surface area contributed by atoms with E-state index in [4.69, 9.17) is 0 Å². The van der Waals surface area contributed by atoms with Crippen LogP contribution < -0.4 is 0 Å². The molecule has 1 rings (SSSR count). The second kappa shape index (κ2) is 4.61. The summed E-state index contributed by atoms with van der Waals surface area (Å²) in [5.74, 6) is 2.65. The van der Waals surface area contributed by atoms with E-state index in [9.17, 15) is 0 Å². The first-order valence-electron chi connectivity index (χ1n) is 1.89. The molecule has 0 aromatic carbocycles. The maximum atomic E-state index is 2.32. The Hall–Kier alpha value is 1.45. The maximum Gasteiger partial charge on any atom is 0 e. The molecule has 1 radical (unpaired) electrons. The fourth-order valence-corrected chi connectivity index (χ4v) is 1.25. The van der Waals surface area contributed by atoms with E-state index in [0.29, 0.717) is 0 Å². The molecule has 0 aromatic heterocycles. The van der Waals surface area contributed by atoms with E-state index in [1.54, 1.807) is 0 Å². The largest absolute Gasteiger partial charge is 0.318 e. The number of hydrogen-bond acceptors (Lipinski definition) is 1. The Morgan fingerprint density at radius 3 is 2.50 bits per heavy atom. The molecular weight excluding hydrogens is 169 g/mol. The monoisotopic (exact) mass is 176 g/mol. The van der Waals surface area contributed by atoms with Gasteiger partial charge in [-0.3, -0.25) is 0 Å². The zero-order valence-electron chi connectivity index (χ0n) is 3.68. The summed E-state index contributed by atoms with van der Waals surface area (Å²) >= 11 is 2.02. The van der Waals surface area contributed by atoms with Crippen molar-refractivity contribution in [2.24, 2.45) is 0 Å². The zero-order valence-corrected chi connectivity index (χ0v) is 7.34. The number of thioether (sulfide) groups is 1. The van der Waals surface area contributed by atoms with Gasteiger partial charge in [0, 0.05) is 32.7 Å². The molecule has 0 spiro atoms. The molecule has 0 amide bonds. The fraction of sp³-hybridized carbons (Fsp3) is 0.750. The SMILES string of the molecule is [CH-]1CCSC1.[Y]. The maximum absolute atomic E-state index is 2.32. The van der Waals surface area contributed by atoms with Crippen LogP contribution >= 0.6 is 11.8 Å². The molecular formula is C4H7SY-. The van der Waals surface area contributed by atoms with Gasteiger partial charge in [-0.25, -0.2) is 0 Å². The van der Waals surface area contributed by atoms with Gasteiger partial charge >= 0.3 is 0 Å². The second-order valence-corrected chi connectivity index (χ2v) is 2.30. The van der Waals surface area contributed by atoms with Crippen molar-refractivity contribution in [2.45, 2.75) is 6.42 Å². The summed E-state index contributed by atoms with van der Waals surface area (Å²) < 4.78 is 0. The third-order valence-electron chi connectivity index (χ3n) is 0.702. The van der Waals surface area contributed by atoms with Crippen molar-refractivity contribution < 1.29 is 32.7 Å². The minimum atomic E-state index is 0. The van der Waals surface area contributed by atoms with Gasteiger partial charge in [-0.05, 0) is 5.75 Å². The Labute approximate surface area is 68.3 Å². The van der Waals surface area contributed by atoms with Crippen LogP contribution in [-0.2, 0) is 32.7 Å². The van der Waals surface area contributed by atoms with E-state index >= 15 is 0 Å². The third kappa shape index (κ3) is 2.60. The number of hydrogen-bond donors (Lipinski definition) is 0. The van der Waals surface area contributed by atoms with Crippen molar-refractivity contribution in [3.63, 3.8) is 0 Å². The molecule has 0 aliphatic carbocycles. The Kier molecular flexibility index (Phi) is 5.73. The topological polar surface area (TPSA) is 0 Å². The summed E-state index contributed by atoms with van der Waals surface area (Å²) in [5, 5.41) is 0. The molecule has 0 atom stereocenters. The van der Waals surface area contributed by atoms with Crippen molar-refractivity contribution in [1.29, 1.82) is 0 Å². The van der Waals surface area contributed by atoms with Gasteiger partial charge in [-0.1, -0.05) is 0 Å². The standard InChI is InChI=1S/C4H7S.Y/c1-2-4-5-3-1;/h1H,2-4H2;/q-1;. The molecule has 0 bridgehead atoms. The minimum Gasteiger partial charge on any atom is -0.318 e. The molecule has 0 unspecified atom stereocenters. The Bertz CT molecular complexity index is 19.1. The summed E-state index contributed by atoms with van der Waals surface area (Å²) in [6.07, 6.45) is 3.66. The Morgan fingerprint density at radius 2 is 2.33 bits per heavy atom. The van der Waals surface area contributed by atoms with E-state index < -0.39 is 0 Å². The van der Waals surface area contributed by atoms with Gasteiger partial charge in [0.25, 0.3) is 0 Å². The van der Waals surface area contributed by atoms with Gasteiger partial charge in [0.05, 0.1) is 0 Å². The average Bonchev–Trinajstić information content (AvgIpc) is 1.76. The Balaban J connectivity index is 0.000000250. The molecule has 0 saturated carbocycles. The molecule has 1 aliphatic rings. The molecule has 0 N–H and O–H groups in total. The molecule has 0 aromatic rings. The molecule has 2 heteroatoms. The van der Waals surface area contributed by atoms with Crippen LogP contribution in [0.1, 0.15) is 6.42 Å². The van der Waals surface area contributed by atoms with Crippen LogP contribution in [0.2, 0.25) is 0 Å². The normalized spacial score (nSPS) is 20.0. The van der Waals surface area contributed by atoms with E-state index in [1.165, 1.54) is 17.9 Å². The van der Waals surface area contributed by atoms with Crippen LogP contribution in [0.3, 0.4) is 0 Å². The van der Waals surface area contributed by atoms with E-state index in [-0.39, 0.29) is 32.7 Å². The van der Waals surface area contributed by atoms with Crippen LogP contribution in [0.5, 0.6) is 0 Å². The van der Waals surface area contributed by atoms with Crippen LogP contribution in [0.4, 0.5) is 0 Å². The summed E-state index contributed by atoms with van der Waals surface area (Å²) in [7, 11) is 0. The first kappa shape index (κ1) is 7.45. The van der Waals surface area contributed by atoms with Gasteiger partial charge in [0.1, 0.15) is 0 Å². The molecule has 1 fully saturated rings. The van der Waals surface area contributed by atoms with Crippen molar-refractivity contribution in [3.8, 4) is 0 Å². The molecule has 33 valence electrons. The quantitative estimate of drug-likeness (QED) is 0.501. The smallest absolute Gasteiger partial charge is 0 e. The van der Waals surface area contributed by atoms with Crippen molar-refractivity contribution in [2.75, 3.05) is 11.5 Å². The number of rotatable bonds is 0. The molecule has 6 heavy (non-hydrogen) atoms. The minimum absolute atomic E-state index is 0. The van der Waals surface area contributed by atoms with Gasteiger partial charge in [0.2, 0.25) is 0 Å². The summed E-state index contributed by atoms with van der Waals surface area (Å²) in [6.45, 7) is 0. The molecule has 0 nitrogen and oxygen atoms in total. The summed E-state index contributed by atoms with van der Waals surface area (Å²) in [4.78, 5) is 0. The van der Waals surface area contributed by atoms with Crippen LogP contribution in [0.25, 0.3) is 0 Å². The van der Waals surface area contributed by atoms with Gasteiger partial charge in [-0.2, -0.15) is 18.2 Å². The second-order valence-electron chi connectivity index (χ2n) is 1.15. The van der Waals surface area contributed by atoms with Crippen LogP contribution in [0, 0.1) is 6.42 Å². The van der Waals surface area contributed by atoms with Gasteiger partial charge in [0.15, 0.2) is 0 Å². The predicted octanol–water partition coefficient (Wildman–Crippen LogP) is 1.33. The van der Waals surface area contributed by atoms with Crippen molar-refractivity contribution >= 4 is 11.8 Å². The van der Waals surface area contributed by atoms with Crippen LogP contribution in [0.15, 0.2) is 0 Å². The molecule has 1 heterocycles. The fourth-order valence-electron chi connectivity index (χ4n) is 0.417. The van der Waals surface area contributed by atoms with Crippen molar-refractivity contribution in [1.82, 2.24) is 0 Å². The third-order valence-corrected chi connectivity index (χ3v) is 1.70. The predicted molar refractivity (Wildman–Crippen MR) is 26.2 cm³/mol. The molecule has 1 aliphatic heterocycles. The van der Waals surface area contributed by atoms with E-state index in [1.807, 2.05) is 11.8 Å². The summed E-state index contributed by atoms with van der Waals surface area (Å²) in [5.41, 5.74) is 0.